The number of pyridine rings is 2. The molecule has 5 heteroatoms. The van der Waals surface area contributed by atoms with Crippen LogP contribution in [0.2, 0.25) is 0 Å². The number of nitrogens with zero attached hydrogens (tertiary/aromatic N) is 4. The van der Waals surface area contributed by atoms with Crippen LogP contribution in [-0.2, 0) is 19.3 Å². The molecule has 0 spiro atoms. The van der Waals surface area contributed by atoms with Gasteiger partial charge in [-0.1, -0.05) is 13.0 Å². The highest BCUT2D eigenvalue weighted by Crippen LogP contribution is 2.39. The van der Waals surface area contributed by atoms with Gasteiger partial charge in [0.15, 0.2) is 5.82 Å². The molecule has 0 aromatic carbocycles. The van der Waals surface area contributed by atoms with E-state index in [0.29, 0.717) is 0 Å². The minimum atomic E-state index is 0.911. The van der Waals surface area contributed by atoms with Crippen molar-refractivity contribution in [3.8, 4) is 16.4 Å². The molecule has 4 heterocycles. The lowest BCUT2D eigenvalue weighted by Crippen LogP contribution is -2.04. The molecule has 0 atom stereocenters. The standard InChI is InChI=1S/C20H18N4S/c1-2-13-6-3-10-19(22-13)24-20(14-7-4-8-15(14)23-24)18-12-16-17(25-18)9-5-11-21-16/h3,5-6,9-12H,2,4,7-8H2,1H3. The van der Waals surface area contributed by atoms with Crippen LogP contribution >= 0.6 is 11.3 Å². The SMILES string of the molecule is CCc1cccc(-n2nc3c(c2-c2cc4ncccc4s2)CCC3)n1. The lowest BCUT2D eigenvalue weighted by molar-refractivity contribution is 0.785. The summed E-state index contributed by atoms with van der Waals surface area (Å²) in [4.78, 5) is 10.5. The molecule has 0 bridgehead atoms. The number of hydrogen-bond donors (Lipinski definition) is 0. The van der Waals surface area contributed by atoms with Crippen molar-refractivity contribution in [2.45, 2.75) is 32.6 Å². The zero-order valence-electron chi connectivity index (χ0n) is 14.1. The van der Waals surface area contributed by atoms with E-state index in [2.05, 4.69) is 42.2 Å². The largest absolute Gasteiger partial charge is 0.255 e. The third kappa shape index (κ3) is 2.38. The Morgan fingerprint density at radius 3 is 3.00 bits per heavy atom. The van der Waals surface area contributed by atoms with Gasteiger partial charge >= 0.3 is 0 Å². The van der Waals surface area contributed by atoms with E-state index in [0.717, 1.165) is 36.3 Å². The molecule has 0 aliphatic heterocycles. The molecule has 0 saturated carbocycles. The average molecular weight is 346 g/mol. The van der Waals surface area contributed by atoms with E-state index in [1.54, 1.807) is 11.3 Å². The third-order valence-electron chi connectivity index (χ3n) is 4.80. The highest BCUT2D eigenvalue weighted by molar-refractivity contribution is 7.22. The summed E-state index contributed by atoms with van der Waals surface area (Å²) in [5.41, 5.74) is 5.96. The summed E-state index contributed by atoms with van der Waals surface area (Å²) in [5.74, 6) is 0.911. The van der Waals surface area contributed by atoms with E-state index in [9.17, 15) is 0 Å². The highest BCUT2D eigenvalue weighted by Gasteiger charge is 2.25. The van der Waals surface area contributed by atoms with E-state index in [-0.39, 0.29) is 0 Å². The molecule has 1 aliphatic carbocycles. The van der Waals surface area contributed by atoms with Gasteiger partial charge in [-0.2, -0.15) is 5.10 Å². The Morgan fingerprint density at radius 2 is 2.12 bits per heavy atom. The molecule has 124 valence electrons. The van der Waals surface area contributed by atoms with Gasteiger partial charge in [0.25, 0.3) is 0 Å². The number of thiophene rings is 1. The minimum absolute atomic E-state index is 0.911. The molecular weight excluding hydrogens is 328 g/mol. The molecule has 0 fully saturated rings. The predicted molar refractivity (Wildman–Crippen MR) is 101 cm³/mol. The fourth-order valence-corrected chi connectivity index (χ4v) is 4.66. The van der Waals surface area contributed by atoms with Gasteiger partial charge in [-0.3, -0.25) is 4.98 Å². The van der Waals surface area contributed by atoms with Gasteiger partial charge < -0.3 is 0 Å². The zero-order chi connectivity index (χ0) is 16.8. The van der Waals surface area contributed by atoms with Crippen LogP contribution in [0.5, 0.6) is 0 Å². The van der Waals surface area contributed by atoms with Crippen LogP contribution in [0.4, 0.5) is 0 Å². The first-order valence-corrected chi connectivity index (χ1v) is 9.57. The predicted octanol–water partition coefficient (Wildman–Crippen LogP) is 4.60. The Morgan fingerprint density at radius 1 is 1.16 bits per heavy atom. The number of hydrogen-bond acceptors (Lipinski definition) is 4. The van der Waals surface area contributed by atoms with Gasteiger partial charge in [0.05, 0.1) is 26.5 Å². The fraction of sp³-hybridized carbons (Fsp3) is 0.250. The van der Waals surface area contributed by atoms with Crippen molar-refractivity contribution in [1.29, 1.82) is 0 Å². The van der Waals surface area contributed by atoms with Gasteiger partial charge in [0.2, 0.25) is 0 Å². The van der Waals surface area contributed by atoms with Crippen LogP contribution in [0.15, 0.2) is 42.6 Å². The van der Waals surface area contributed by atoms with Crippen molar-refractivity contribution in [2.75, 3.05) is 0 Å². The molecule has 0 saturated heterocycles. The summed E-state index contributed by atoms with van der Waals surface area (Å²) in [6, 6.07) is 12.5. The molecule has 0 radical (unpaired) electrons. The second kappa shape index (κ2) is 5.77. The summed E-state index contributed by atoms with van der Waals surface area (Å²) >= 11 is 1.79. The number of aromatic nitrogens is 4. The lowest BCUT2D eigenvalue weighted by atomic mass is 10.1. The molecule has 4 aromatic heterocycles. The molecule has 0 unspecified atom stereocenters. The summed E-state index contributed by atoms with van der Waals surface area (Å²) in [5, 5.41) is 4.92. The number of rotatable bonds is 3. The van der Waals surface area contributed by atoms with Crippen LogP contribution in [0.25, 0.3) is 26.6 Å². The van der Waals surface area contributed by atoms with Crippen LogP contribution in [0.3, 0.4) is 0 Å². The Balaban J connectivity index is 1.75. The lowest BCUT2D eigenvalue weighted by Gasteiger charge is -2.08. The normalized spacial score (nSPS) is 13.5. The zero-order valence-corrected chi connectivity index (χ0v) is 14.9. The van der Waals surface area contributed by atoms with Crippen molar-refractivity contribution >= 4 is 21.6 Å². The van der Waals surface area contributed by atoms with Crippen molar-refractivity contribution in [1.82, 2.24) is 19.7 Å². The van der Waals surface area contributed by atoms with Crippen molar-refractivity contribution in [2.24, 2.45) is 0 Å². The van der Waals surface area contributed by atoms with Crippen LogP contribution in [0.1, 0.15) is 30.3 Å². The summed E-state index contributed by atoms with van der Waals surface area (Å²) in [6.45, 7) is 2.13. The average Bonchev–Trinajstić information content (AvgIpc) is 3.34. The third-order valence-corrected chi connectivity index (χ3v) is 5.90. The second-order valence-electron chi connectivity index (χ2n) is 6.38. The maximum atomic E-state index is 4.92. The van der Waals surface area contributed by atoms with E-state index < -0.39 is 0 Å². The van der Waals surface area contributed by atoms with Gasteiger partial charge in [0, 0.05) is 17.5 Å². The molecule has 0 N–H and O–H groups in total. The van der Waals surface area contributed by atoms with Crippen LogP contribution in [-0.4, -0.2) is 19.7 Å². The Labute approximate surface area is 150 Å². The van der Waals surface area contributed by atoms with Gasteiger partial charge in [0.1, 0.15) is 0 Å². The van der Waals surface area contributed by atoms with Crippen LogP contribution < -0.4 is 0 Å². The first-order chi connectivity index (χ1) is 12.3. The molecule has 25 heavy (non-hydrogen) atoms. The first-order valence-electron chi connectivity index (χ1n) is 8.75. The molecular formula is C20H18N4S. The molecule has 5 rings (SSSR count). The van der Waals surface area contributed by atoms with Gasteiger partial charge in [-0.05, 0) is 56.0 Å². The minimum Gasteiger partial charge on any atom is -0.255 e. The summed E-state index contributed by atoms with van der Waals surface area (Å²) in [7, 11) is 0. The monoisotopic (exact) mass is 346 g/mol. The Hall–Kier alpha value is -2.53. The number of aryl methyl sites for hydroxylation is 2. The summed E-state index contributed by atoms with van der Waals surface area (Å²) in [6.07, 6.45) is 6.13. The number of fused-ring (bicyclic) bond motifs is 2. The van der Waals surface area contributed by atoms with Crippen LogP contribution in [0, 0.1) is 0 Å². The van der Waals surface area contributed by atoms with Gasteiger partial charge in [-0.15, -0.1) is 11.3 Å². The fourth-order valence-electron chi connectivity index (χ4n) is 3.58. The molecule has 0 amide bonds. The van der Waals surface area contributed by atoms with E-state index in [1.807, 2.05) is 16.9 Å². The van der Waals surface area contributed by atoms with Crippen molar-refractivity contribution in [3.63, 3.8) is 0 Å². The summed E-state index contributed by atoms with van der Waals surface area (Å²) < 4.78 is 3.26. The van der Waals surface area contributed by atoms with E-state index in [4.69, 9.17) is 10.1 Å². The maximum absolute atomic E-state index is 4.92. The highest BCUT2D eigenvalue weighted by atomic mass is 32.1. The van der Waals surface area contributed by atoms with Crippen molar-refractivity contribution in [3.05, 3.63) is 59.5 Å². The Bertz CT molecular complexity index is 1040. The van der Waals surface area contributed by atoms with E-state index >= 15 is 0 Å². The quantitative estimate of drug-likeness (QED) is 0.545. The molecule has 1 aliphatic rings. The molecule has 4 nitrogen and oxygen atoms in total. The second-order valence-corrected chi connectivity index (χ2v) is 7.46. The Kier molecular flexibility index (Phi) is 3.41. The van der Waals surface area contributed by atoms with Crippen molar-refractivity contribution < 1.29 is 0 Å². The molecule has 4 aromatic rings. The van der Waals surface area contributed by atoms with E-state index in [1.165, 1.54) is 32.9 Å². The van der Waals surface area contributed by atoms with Gasteiger partial charge in [-0.25, -0.2) is 9.67 Å². The first kappa shape index (κ1) is 14.8. The maximum Gasteiger partial charge on any atom is 0.154 e. The topological polar surface area (TPSA) is 43.6 Å². The smallest absolute Gasteiger partial charge is 0.154 e.